The van der Waals surface area contributed by atoms with Crippen molar-refractivity contribution in [2.24, 2.45) is 5.73 Å². The number of rotatable bonds is 3. The molecule has 0 amide bonds. The molecule has 100 valence electrons. The molecule has 0 spiro atoms. The first-order chi connectivity index (χ1) is 8.23. The molecule has 0 aliphatic carbocycles. The number of thioether (sulfide) groups is 2. The number of nitrogens with two attached hydrogens (primary N) is 1. The molecule has 2 fully saturated rings. The monoisotopic (exact) mass is 274 g/mol. The standard InChI is InChI=1S/C13H26N2S2/c1-11-13(10-14,6-3-9-17-11)15-7-4-12(16-2)5-8-15/h11-12H,3-10,14H2,1-2H3. The zero-order valence-corrected chi connectivity index (χ0v) is 12.8. The van der Waals surface area contributed by atoms with Gasteiger partial charge in [-0.25, -0.2) is 0 Å². The second-order valence-electron chi connectivity index (χ2n) is 5.35. The van der Waals surface area contributed by atoms with E-state index in [4.69, 9.17) is 5.73 Å². The molecule has 2 unspecified atom stereocenters. The summed E-state index contributed by atoms with van der Waals surface area (Å²) in [6, 6.07) is 0. The maximum Gasteiger partial charge on any atom is 0.0447 e. The fourth-order valence-corrected chi connectivity index (χ4v) is 5.37. The summed E-state index contributed by atoms with van der Waals surface area (Å²) in [5, 5.41) is 1.58. The summed E-state index contributed by atoms with van der Waals surface area (Å²) in [4.78, 5) is 2.72. The van der Waals surface area contributed by atoms with Crippen molar-refractivity contribution in [3.05, 3.63) is 0 Å². The molecule has 0 radical (unpaired) electrons. The molecule has 0 saturated carbocycles. The highest BCUT2D eigenvalue weighted by Crippen LogP contribution is 2.39. The molecule has 2 rings (SSSR count). The van der Waals surface area contributed by atoms with Crippen LogP contribution in [0.5, 0.6) is 0 Å². The fourth-order valence-electron chi connectivity index (χ4n) is 3.35. The van der Waals surface area contributed by atoms with E-state index in [0.29, 0.717) is 10.8 Å². The molecule has 0 aromatic heterocycles. The van der Waals surface area contributed by atoms with Gasteiger partial charge in [0.05, 0.1) is 0 Å². The topological polar surface area (TPSA) is 29.3 Å². The number of hydrogen-bond donors (Lipinski definition) is 1. The van der Waals surface area contributed by atoms with Gasteiger partial charge in [-0.1, -0.05) is 6.92 Å². The van der Waals surface area contributed by atoms with E-state index in [1.807, 2.05) is 11.8 Å². The van der Waals surface area contributed by atoms with Gasteiger partial charge in [-0.15, -0.1) is 0 Å². The fraction of sp³-hybridized carbons (Fsp3) is 1.00. The molecule has 0 bridgehead atoms. The second-order valence-corrected chi connectivity index (χ2v) is 7.93. The van der Waals surface area contributed by atoms with E-state index in [2.05, 4.69) is 29.8 Å². The van der Waals surface area contributed by atoms with E-state index in [0.717, 1.165) is 11.8 Å². The van der Waals surface area contributed by atoms with Crippen LogP contribution in [0.1, 0.15) is 32.6 Å². The van der Waals surface area contributed by atoms with Crippen LogP contribution in [0, 0.1) is 0 Å². The van der Waals surface area contributed by atoms with Gasteiger partial charge in [0.15, 0.2) is 0 Å². The summed E-state index contributed by atoms with van der Waals surface area (Å²) in [5.41, 5.74) is 6.46. The van der Waals surface area contributed by atoms with Crippen LogP contribution < -0.4 is 5.73 Å². The van der Waals surface area contributed by atoms with Gasteiger partial charge < -0.3 is 5.73 Å². The summed E-state index contributed by atoms with van der Waals surface area (Å²) in [6.45, 7) is 5.74. The van der Waals surface area contributed by atoms with Crippen molar-refractivity contribution in [3.63, 3.8) is 0 Å². The van der Waals surface area contributed by atoms with Crippen molar-refractivity contribution < 1.29 is 0 Å². The van der Waals surface area contributed by atoms with Crippen molar-refractivity contribution in [1.29, 1.82) is 0 Å². The first-order valence-corrected chi connectivity index (χ1v) is 9.16. The van der Waals surface area contributed by atoms with Gasteiger partial charge in [0.1, 0.15) is 0 Å². The van der Waals surface area contributed by atoms with Crippen LogP contribution in [0.15, 0.2) is 0 Å². The molecule has 2 heterocycles. The number of hydrogen-bond acceptors (Lipinski definition) is 4. The number of nitrogens with zero attached hydrogens (tertiary/aromatic N) is 1. The van der Waals surface area contributed by atoms with Gasteiger partial charge in [0.2, 0.25) is 0 Å². The third-order valence-electron chi connectivity index (χ3n) is 4.64. The zero-order valence-electron chi connectivity index (χ0n) is 11.2. The van der Waals surface area contributed by atoms with E-state index in [1.54, 1.807) is 0 Å². The maximum absolute atomic E-state index is 6.17. The van der Waals surface area contributed by atoms with Crippen LogP contribution in [0.3, 0.4) is 0 Å². The summed E-state index contributed by atoms with van der Waals surface area (Å²) >= 11 is 4.16. The number of likely N-dealkylation sites (tertiary alicyclic amines) is 1. The lowest BCUT2D eigenvalue weighted by Gasteiger charge is -2.51. The van der Waals surface area contributed by atoms with Gasteiger partial charge in [-0.2, -0.15) is 23.5 Å². The highest BCUT2D eigenvalue weighted by molar-refractivity contribution is 8.00. The molecule has 2 atom stereocenters. The van der Waals surface area contributed by atoms with E-state index >= 15 is 0 Å². The lowest BCUT2D eigenvalue weighted by atomic mass is 9.86. The van der Waals surface area contributed by atoms with Gasteiger partial charge >= 0.3 is 0 Å². The Labute approximate surface area is 114 Å². The van der Waals surface area contributed by atoms with Crippen molar-refractivity contribution in [1.82, 2.24) is 4.90 Å². The smallest absolute Gasteiger partial charge is 0.0447 e. The molecular weight excluding hydrogens is 248 g/mol. The van der Waals surface area contributed by atoms with Crippen molar-refractivity contribution in [2.45, 2.75) is 48.6 Å². The third-order valence-corrected chi connectivity index (χ3v) is 7.24. The SMILES string of the molecule is CSC1CCN(C2(CN)CCCSC2C)CC1. The Hall–Kier alpha value is 0.620. The quantitative estimate of drug-likeness (QED) is 0.856. The average molecular weight is 274 g/mol. The van der Waals surface area contributed by atoms with Crippen LogP contribution >= 0.6 is 23.5 Å². The minimum absolute atomic E-state index is 0.298. The molecule has 4 heteroatoms. The van der Waals surface area contributed by atoms with Crippen LogP contribution in [0.25, 0.3) is 0 Å². The molecule has 2 aliphatic rings. The predicted octanol–water partition coefficient (Wildman–Crippen LogP) is 2.43. The second kappa shape index (κ2) is 6.18. The molecule has 2 saturated heterocycles. The molecule has 2 aliphatic heterocycles. The summed E-state index contributed by atoms with van der Waals surface area (Å²) in [5.74, 6) is 1.32. The lowest BCUT2D eigenvalue weighted by Crippen LogP contribution is -2.62. The Morgan fingerprint density at radius 1 is 1.41 bits per heavy atom. The van der Waals surface area contributed by atoms with E-state index in [9.17, 15) is 0 Å². The van der Waals surface area contributed by atoms with Crippen molar-refractivity contribution in [3.8, 4) is 0 Å². The van der Waals surface area contributed by atoms with Crippen molar-refractivity contribution >= 4 is 23.5 Å². The van der Waals surface area contributed by atoms with Crippen LogP contribution in [0.4, 0.5) is 0 Å². The summed E-state index contributed by atoms with van der Waals surface area (Å²) < 4.78 is 0. The minimum atomic E-state index is 0.298. The Morgan fingerprint density at radius 2 is 2.12 bits per heavy atom. The van der Waals surface area contributed by atoms with E-state index in [-0.39, 0.29) is 0 Å². The molecule has 0 aromatic rings. The first kappa shape index (κ1) is 14.0. The number of piperidine rings is 1. The Bertz CT molecular complexity index is 242. The highest BCUT2D eigenvalue weighted by atomic mass is 32.2. The molecule has 0 aromatic carbocycles. The van der Waals surface area contributed by atoms with Crippen LogP contribution in [0.2, 0.25) is 0 Å². The van der Waals surface area contributed by atoms with Crippen molar-refractivity contribution in [2.75, 3.05) is 31.6 Å². The predicted molar refractivity (Wildman–Crippen MR) is 81.0 cm³/mol. The summed E-state index contributed by atoms with van der Waals surface area (Å²) in [6.07, 6.45) is 7.59. The van der Waals surface area contributed by atoms with E-state index in [1.165, 1.54) is 44.5 Å². The molecule has 2 N–H and O–H groups in total. The minimum Gasteiger partial charge on any atom is -0.329 e. The Balaban J connectivity index is 2.02. The Morgan fingerprint density at radius 3 is 2.65 bits per heavy atom. The van der Waals surface area contributed by atoms with Gasteiger partial charge in [-0.3, -0.25) is 4.90 Å². The molecule has 17 heavy (non-hydrogen) atoms. The third kappa shape index (κ3) is 2.80. The largest absolute Gasteiger partial charge is 0.329 e. The molecular formula is C13H26N2S2. The van der Waals surface area contributed by atoms with Gasteiger partial charge in [0, 0.05) is 22.6 Å². The summed E-state index contributed by atoms with van der Waals surface area (Å²) in [7, 11) is 0. The zero-order chi connectivity index (χ0) is 12.3. The van der Waals surface area contributed by atoms with Crippen LogP contribution in [-0.2, 0) is 0 Å². The maximum atomic E-state index is 6.17. The first-order valence-electron chi connectivity index (χ1n) is 6.82. The average Bonchev–Trinajstić information content (AvgIpc) is 2.40. The highest BCUT2D eigenvalue weighted by Gasteiger charge is 2.43. The molecule has 2 nitrogen and oxygen atoms in total. The van der Waals surface area contributed by atoms with Crippen LogP contribution in [-0.4, -0.2) is 52.6 Å². The van der Waals surface area contributed by atoms with Gasteiger partial charge in [-0.05, 0) is 50.8 Å². The normalized spacial score (nSPS) is 37.2. The lowest BCUT2D eigenvalue weighted by molar-refractivity contribution is 0.0640. The van der Waals surface area contributed by atoms with E-state index < -0.39 is 0 Å². The Kier molecular flexibility index (Phi) is 5.10. The van der Waals surface area contributed by atoms with Gasteiger partial charge in [0.25, 0.3) is 0 Å².